The van der Waals surface area contributed by atoms with Crippen molar-refractivity contribution < 1.29 is 4.79 Å². The molecule has 1 aliphatic heterocycles. The fraction of sp³-hybridized carbons (Fsp3) is 0.444. The van der Waals surface area contributed by atoms with Crippen molar-refractivity contribution in [2.45, 2.75) is 31.8 Å². The van der Waals surface area contributed by atoms with E-state index in [-0.39, 0.29) is 30.7 Å². The standard InChI is InChI=1S/C18H21N3OS.2ClH/c22-17(15-1-6-19-7-2-15)21(12-14-3-10-23-13-14)16-11-18(16)4-8-20-9-5-18;;/h1-3,6-7,10,13,16,20H,4-5,8-9,11-12H2;2*1H. The maximum atomic E-state index is 13.1. The number of carbonyl (C=O) groups is 1. The summed E-state index contributed by atoms with van der Waals surface area (Å²) in [4.78, 5) is 19.2. The van der Waals surface area contributed by atoms with Crippen LogP contribution < -0.4 is 5.32 Å². The lowest BCUT2D eigenvalue weighted by Gasteiger charge is -2.29. The molecule has 1 unspecified atom stereocenters. The lowest BCUT2D eigenvalue weighted by Crippen LogP contribution is -2.39. The third kappa shape index (κ3) is 4.17. The maximum absolute atomic E-state index is 13.1. The highest BCUT2D eigenvalue weighted by Gasteiger charge is 2.57. The molecule has 4 nitrogen and oxygen atoms in total. The minimum atomic E-state index is 0. The molecule has 1 amide bonds. The summed E-state index contributed by atoms with van der Waals surface area (Å²) in [6, 6.07) is 6.14. The number of nitrogens with one attached hydrogen (secondary N) is 1. The van der Waals surface area contributed by atoms with Gasteiger partial charge in [0.25, 0.3) is 5.91 Å². The van der Waals surface area contributed by atoms with Gasteiger partial charge in [-0.1, -0.05) is 0 Å². The van der Waals surface area contributed by atoms with Crippen LogP contribution in [0.1, 0.15) is 35.2 Å². The Morgan fingerprint density at radius 1 is 1.24 bits per heavy atom. The first-order valence-electron chi connectivity index (χ1n) is 8.21. The van der Waals surface area contributed by atoms with Crippen molar-refractivity contribution in [3.63, 3.8) is 0 Å². The van der Waals surface area contributed by atoms with Crippen molar-refractivity contribution in [2.24, 2.45) is 5.41 Å². The molecule has 25 heavy (non-hydrogen) atoms. The first-order valence-corrected chi connectivity index (χ1v) is 9.16. The molecule has 0 aromatic carbocycles. The minimum Gasteiger partial charge on any atom is -0.331 e. The predicted molar refractivity (Wildman–Crippen MR) is 106 cm³/mol. The van der Waals surface area contributed by atoms with Crippen LogP contribution in [0.5, 0.6) is 0 Å². The number of aromatic nitrogens is 1. The summed E-state index contributed by atoms with van der Waals surface area (Å²) in [6.07, 6.45) is 6.91. The molecule has 0 radical (unpaired) electrons. The highest BCUT2D eigenvalue weighted by Crippen LogP contribution is 2.56. The summed E-state index contributed by atoms with van der Waals surface area (Å²) in [5.74, 6) is 0.138. The third-order valence-corrected chi connectivity index (χ3v) is 5.98. The van der Waals surface area contributed by atoms with E-state index in [2.05, 4.69) is 32.0 Å². The molecule has 2 aromatic rings. The average molecular weight is 400 g/mol. The van der Waals surface area contributed by atoms with Crippen LogP contribution in [0.15, 0.2) is 41.4 Å². The fourth-order valence-corrected chi connectivity index (χ4v) is 4.45. The number of carbonyl (C=O) groups excluding carboxylic acids is 1. The van der Waals surface area contributed by atoms with Crippen LogP contribution in [0.2, 0.25) is 0 Å². The van der Waals surface area contributed by atoms with Crippen molar-refractivity contribution in [1.82, 2.24) is 15.2 Å². The number of halogens is 2. The quantitative estimate of drug-likeness (QED) is 0.850. The summed E-state index contributed by atoms with van der Waals surface area (Å²) >= 11 is 1.69. The van der Waals surface area contributed by atoms with Crippen molar-refractivity contribution in [2.75, 3.05) is 13.1 Å². The lowest BCUT2D eigenvalue weighted by atomic mass is 9.93. The second-order valence-corrected chi connectivity index (χ2v) is 7.41. The Kier molecular flexibility index (Phi) is 6.86. The van der Waals surface area contributed by atoms with Gasteiger partial charge in [0.2, 0.25) is 0 Å². The zero-order valence-electron chi connectivity index (χ0n) is 13.9. The first-order chi connectivity index (χ1) is 11.3. The molecule has 2 fully saturated rings. The van der Waals surface area contributed by atoms with Crippen LogP contribution in [0, 0.1) is 5.41 Å². The molecule has 1 aliphatic carbocycles. The molecule has 7 heteroatoms. The lowest BCUT2D eigenvalue weighted by molar-refractivity contribution is 0.0692. The molecule has 1 atom stereocenters. The maximum Gasteiger partial charge on any atom is 0.254 e. The summed E-state index contributed by atoms with van der Waals surface area (Å²) < 4.78 is 0. The predicted octanol–water partition coefficient (Wildman–Crippen LogP) is 3.77. The van der Waals surface area contributed by atoms with Crippen LogP contribution in [0.3, 0.4) is 0 Å². The fourth-order valence-electron chi connectivity index (χ4n) is 3.79. The molecule has 1 N–H and O–H groups in total. The molecule has 3 heterocycles. The largest absolute Gasteiger partial charge is 0.331 e. The Morgan fingerprint density at radius 2 is 1.96 bits per heavy atom. The van der Waals surface area contributed by atoms with Crippen molar-refractivity contribution in [1.29, 1.82) is 0 Å². The van der Waals surface area contributed by atoms with Gasteiger partial charge in [0.1, 0.15) is 0 Å². The van der Waals surface area contributed by atoms with Gasteiger partial charge in [0.05, 0.1) is 0 Å². The van der Waals surface area contributed by atoms with E-state index in [1.54, 1.807) is 23.7 Å². The van der Waals surface area contributed by atoms with Gasteiger partial charge in [-0.2, -0.15) is 11.3 Å². The van der Waals surface area contributed by atoms with E-state index in [1.165, 1.54) is 18.4 Å². The second-order valence-electron chi connectivity index (χ2n) is 6.63. The Balaban J connectivity index is 0.00000113. The Hall–Kier alpha value is -1.14. The van der Waals surface area contributed by atoms with Crippen molar-refractivity contribution in [3.8, 4) is 0 Å². The van der Waals surface area contributed by atoms with Crippen LogP contribution >= 0.6 is 36.2 Å². The molecule has 0 bridgehead atoms. The first kappa shape index (κ1) is 20.2. The molecule has 2 aromatic heterocycles. The van der Waals surface area contributed by atoms with Crippen molar-refractivity contribution in [3.05, 3.63) is 52.5 Å². The molecule has 1 saturated carbocycles. The van der Waals surface area contributed by atoms with E-state index in [1.807, 2.05) is 12.1 Å². The summed E-state index contributed by atoms with van der Waals surface area (Å²) in [7, 11) is 0. The number of hydrogen-bond donors (Lipinski definition) is 1. The molecular weight excluding hydrogens is 377 g/mol. The number of pyridine rings is 1. The number of amides is 1. The van der Waals surface area contributed by atoms with E-state index < -0.39 is 0 Å². The SMILES string of the molecule is Cl.Cl.O=C(c1ccncc1)N(Cc1ccsc1)C1CC12CCNCC2. The Bertz CT molecular complexity index is 675. The van der Waals surface area contributed by atoms with E-state index in [0.29, 0.717) is 18.0 Å². The summed E-state index contributed by atoms with van der Waals surface area (Å²) in [5, 5.41) is 7.66. The van der Waals surface area contributed by atoms with Crippen LogP contribution in [0.4, 0.5) is 0 Å². The zero-order chi connectivity index (χ0) is 15.7. The number of rotatable bonds is 4. The van der Waals surface area contributed by atoms with E-state index in [4.69, 9.17) is 0 Å². The molecule has 4 rings (SSSR count). The van der Waals surface area contributed by atoms with Gasteiger partial charge in [-0.25, -0.2) is 0 Å². The Labute approximate surface area is 164 Å². The molecule has 1 spiro atoms. The molecule has 136 valence electrons. The van der Waals surface area contributed by atoms with Crippen LogP contribution in [-0.2, 0) is 6.54 Å². The topological polar surface area (TPSA) is 45.2 Å². The van der Waals surface area contributed by atoms with Gasteiger partial charge in [0.15, 0.2) is 0 Å². The normalized spacial score (nSPS) is 20.2. The van der Waals surface area contributed by atoms with Gasteiger partial charge < -0.3 is 10.2 Å². The summed E-state index contributed by atoms with van der Waals surface area (Å²) in [6.45, 7) is 2.86. The average Bonchev–Trinajstić information content (AvgIpc) is 3.04. The summed E-state index contributed by atoms with van der Waals surface area (Å²) in [5.41, 5.74) is 2.32. The number of hydrogen-bond acceptors (Lipinski definition) is 4. The number of nitrogens with zero attached hydrogens (tertiary/aromatic N) is 2. The highest BCUT2D eigenvalue weighted by atomic mass is 35.5. The molecule has 1 saturated heterocycles. The highest BCUT2D eigenvalue weighted by molar-refractivity contribution is 7.07. The minimum absolute atomic E-state index is 0. The van der Waals surface area contributed by atoms with E-state index in [0.717, 1.165) is 25.1 Å². The van der Waals surface area contributed by atoms with Gasteiger partial charge in [0, 0.05) is 30.5 Å². The van der Waals surface area contributed by atoms with Crippen LogP contribution in [0.25, 0.3) is 0 Å². The van der Waals surface area contributed by atoms with Gasteiger partial charge in [-0.05, 0) is 72.3 Å². The van der Waals surface area contributed by atoms with E-state index in [9.17, 15) is 4.79 Å². The van der Waals surface area contributed by atoms with Gasteiger partial charge in [-0.15, -0.1) is 24.8 Å². The van der Waals surface area contributed by atoms with E-state index >= 15 is 0 Å². The van der Waals surface area contributed by atoms with Crippen LogP contribution in [-0.4, -0.2) is 34.9 Å². The van der Waals surface area contributed by atoms with Gasteiger partial charge >= 0.3 is 0 Å². The number of thiophene rings is 1. The third-order valence-electron chi connectivity index (χ3n) is 5.24. The van der Waals surface area contributed by atoms with Gasteiger partial charge in [-0.3, -0.25) is 9.78 Å². The molecule has 2 aliphatic rings. The number of piperidine rings is 1. The van der Waals surface area contributed by atoms with Crippen molar-refractivity contribution >= 4 is 42.1 Å². The monoisotopic (exact) mass is 399 g/mol. The smallest absolute Gasteiger partial charge is 0.254 e. The Morgan fingerprint density at radius 3 is 2.60 bits per heavy atom. The zero-order valence-corrected chi connectivity index (χ0v) is 16.3. The molecular formula is C18H23Cl2N3OS. The second kappa shape index (κ2) is 8.49.